The van der Waals surface area contributed by atoms with Crippen molar-refractivity contribution in [1.29, 1.82) is 0 Å². The van der Waals surface area contributed by atoms with Crippen molar-refractivity contribution in [2.75, 3.05) is 26.3 Å². The largest absolute Gasteiger partial charge is 0.378 e. The number of hydrogen-bond acceptors (Lipinski definition) is 3. The van der Waals surface area contributed by atoms with Gasteiger partial charge in [-0.1, -0.05) is 30.4 Å². The van der Waals surface area contributed by atoms with Gasteiger partial charge in [-0.05, 0) is 11.6 Å². The summed E-state index contributed by atoms with van der Waals surface area (Å²) in [5.41, 5.74) is 1.49. The summed E-state index contributed by atoms with van der Waals surface area (Å²) >= 11 is 4.91. The third kappa shape index (κ3) is 2.28. The SMILES string of the molecule is O=C(c1ccccc1C=S)N1CCOCC1. The predicted octanol–water partition coefficient (Wildman–Crippen LogP) is 1.51. The molecule has 1 amide bonds. The van der Waals surface area contributed by atoms with E-state index in [1.807, 2.05) is 24.3 Å². The van der Waals surface area contributed by atoms with E-state index >= 15 is 0 Å². The average Bonchev–Trinajstić information content (AvgIpc) is 2.39. The number of carbonyl (C=O) groups is 1. The van der Waals surface area contributed by atoms with E-state index in [9.17, 15) is 4.79 Å². The van der Waals surface area contributed by atoms with Crippen molar-refractivity contribution in [3.63, 3.8) is 0 Å². The number of benzene rings is 1. The van der Waals surface area contributed by atoms with E-state index in [1.54, 1.807) is 10.3 Å². The van der Waals surface area contributed by atoms with Crippen LogP contribution in [0.3, 0.4) is 0 Å². The molecule has 0 unspecified atom stereocenters. The fourth-order valence-electron chi connectivity index (χ4n) is 1.73. The molecule has 1 heterocycles. The van der Waals surface area contributed by atoms with Gasteiger partial charge in [-0.25, -0.2) is 0 Å². The number of thiocarbonyl (C=S) groups is 1. The Morgan fingerprint density at radius 1 is 1.31 bits per heavy atom. The number of carbonyl (C=O) groups excluding carboxylic acids is 1. The summed E-state index contributed by atoms with van der Waals surface area (Å²) in [6.07, 6.45) is 0. The lowest BCUT2D eigenvalue weighted by Gasteiger charge is -2.27. The Morgan fingerprint density at radius 3 is 2.69 bits per heavy atom. The standard InChI is InChI=1S/C12H13NO2S/c14-12(13-5-7-15-8-6-13)11-4-2-1-3-10(11)9-16/h1-4,9H,5-8H2. The highest BCUT2D eigenvalue weighted by Gasteiger charge is 2.19. The van der Waals surface area contributed by atoms with Gasteiger partial charge in [0.15, 0.2) is 0 Å². The average molecular weight is 235 g/mol. The molecule has 0 aliphatic carbocycles. The van der Waals surface area contributed by atoms with Gasteiger partial charge in [0.05, 0.1) is 13.2 Å². The number of amides is 1. The summed E-state index contributed by atoms with van der Waals surface area (Å²) in [6, 6.07) is 7.42. The van der Waals surface area contributed by atoms with Crippen molar-refractivity contribution in [3.8, 4) is 0 Å². The molecule has 1 aliphatic heterocycles. The quantitative estimate of drug-likeness (QED) is 0.728. The van der Waals surface area contributed by atoms with E-state index in [-0.39, 0.29) is 5.91 Å². The van der Waals surface area contributed by atoms with Crippen molar-refractivity contribution in [1.82, 2.24) is 4.90 Å². The number of nitrogens with zero attached hydrogens (tertiary/aromatic N) is 1. The molecule has 1 aromatic carbocycles. The Morgan fingerprint density at radius 2 is 2.00 bits per heavy atom. The highest BCUT2D eigenvalue weighted by Crippen LogP contribution is 2.11. The van der Waals surface area contributed by atoms with Gasteiger partial charge in [-0.2, -0.15) is 0 Å². The lowest BCUT2D eigenvalue weighted by molar-refractivity contribution is 0.0303. The minimum atomic E-state index is 0.0417. The molecule has 1 aliphatic rings. The van der Waals surface area contributed by atoms with Crippen LogP contribution < -0.4 is 0 Å². The van der Waals surface area contributed by atoms with Gasteiger partial charge in [0.1, 0.15) is 0 Å². The van der Waals surface area contributed by atoms with Crippen LogP contribution in [-0.4, -0.2) is 42.5 Å². The lowest BCUT2D eigenvalue weighted by Crippen LogP contribution is -2.41. The van der Waals surface area contributed by atoms with Crippen molar-refractivity contribution in [3.05, 3.63) is 35.4 Å². The smallest absolute Gasteiger partial charge is 0.254 e. The van der Waals surface area contributed by atoms with Crippen LogP contribution in [0.4, 0.5) is 0 Å². The summed E-state index contributed by atoms with van der Waals surface area (Å²) in [5.74, 6) is 0.0417. The van der Waals surface area contributed by atoms with Crippen LogP contribution in [0, 0.1) is 0 Å². The first kappa shape index (κ1) is 11.2. The fourth-order valence-corrected chi connectivity index (χ4v) is 1.94. The van der Waals surface area contributed by atoms with Crippen molar-refractivity contribution >= 4 is 23.5 Å². The first-order valence-corrected chi connectivity index (χ1v) is 5.71. The van der Waals surface area contributed by atoms with Gasteiger partial charge < -0.3 is 9.64 Å². The van der Waals surface area contributed by atoms with Crippen LogP contribution in [0.15, 0.2) is 24.3 Å². The lowest BCUT2D eigenvalue weighted by atomic mass is 10.1. The molecule has 0 atom stereocenters. The summed E-state index contributed by atoms with van der Waals surface area (Å²) in [5, 5.41) is 1.55. The molecule has 2 rings (SSSR count). The van der Waals surface area contributed by atoms with Gasteiger partial charge in [0.2, 0.25) is 0 Å². The molecule has 1 fully saturated rings. The highest BCUT2D eigenvalue weighted by atomic mass is 32.1. The zero-order valence-corrected chi connectivity index (χ0v) is 9.70. The highest BCUT2D eigenvalue weighted by molar-refractivity contribution is 7.79. The normalized spacial score (nSPS) is 15.9. The Balaban J connectivity index is 2.22. The number of morpholine rings is 1. The number of ether oxygens (including phenoxy) is 1. The molecular formula is C12H13NO2S. The van der Waals surface area contributed by atoms with E-state index in [1.165, 1.54) is 0 Å². The van der Waals surface area contributed by atoms with Crippen LogP contribution in [0.5, 0.6) is 0 Å². The first-order valence-electron chi connectivity index (χ1n) is 5.24. The van der Waals surface area contributed by atoms with Crippen molar-refractivity contribution in [2.24, 2.45) is 0 Å². The third-order valence-corrected chi connectivity index (χ3v) is 2.87. The van der Waals surface area contributed by atoms with Crippen molar-refractivity contribution in [2.45, 2.75) is 0 Å². The minimum absolute atomic E-state index is 0.0417. The van der Waals surface area contributed by atoms with Gasteiger partial charge in [0, 0.05) is 24.0 Å². The Bertz CT molecular complexity index is 400. The van der Waals surface area contributed by atoms with E-state index in [0.717, 1.165) is 5.56 Å². The maximum atomic E-state index is 12.2. The zero-order chi connectivity index (χ0) is 11.4. The van der Waals surface area contributed by atoms with Crippen molar-refractivity contribution < 1.29 is 9.53 Å². The Labute approximate surface area is 100 Å². The zero-order valence-electron chi connectivity index (χ0n) is 8.89. The first-order chi connectivity index (χ1) is 7.83. The molecule has 1 aromatic rings. The molecule has 0 N–H and O–H groups in total. The Hall–Kier alpha value is -1.26. The Kier molecular flexibility index (Phi) is 3.64. The van der Waals surface area contributed by atoms with Crippen LogP contribution in [-0.2, 0) is 4.74 Å². The van der Waals surface area contributed by atoms with Gasteiger partial charge in [0.25, 0.3) is 5.91 Å². The molecule has 1 saturated heterocycles. The summed E-state index contributed by atoms with van der Waals surface area (Å²) < 4.78 is 5.22. The second-order valence-electron chi connectivity index (χ2n) is 3.61. The molecule has 0 saturated carbocycles. The molecule has 0 aromatic heterocycles. The van der Waals surface area contributed by atoms with Crippen LogP contribution in [0.2, 0.25) is 0 Å². The summed E-state index contributed by atoms with van der Waals surface area (Å²) in [6.45, 7) is 2.55. The van der Waals surface area contributed by atoms with E-state index in [2.05, 4.69) is 0 Å². The van der Waals surface area contributed by atoms with Crippen LogP contribution in [0.25, 0.3) is 0 Å². The second kappa shape index (κ2) is 5.18. The molecule has 16 heavy (non-hydrogen) atoms. The number of rotatable bonds is 2. The second-order valence-corrected chi connectivity index (χ2v) is 3.85. The predicted molar refractivity (Wildman–Crippen MR) is 65.9 cm³/mol. The maximum Gasteiger partial charge on any atom is 0.254 e. The summed E-state index contributed by atoms with van der Waals surface area (Å²) in [7, 11) is 0. The molecule has 0 radical (unpaired) electrons. The fraction of sp³-hybridized carbons (Fsp3) is 0.333. The summed E-state index contributed by atoms with van der Waals surface area (Å²) in [4.78, 5) is 14.0. The van der Waals surface area contributed by atoms with E-state index in [4.69, 9.17) is 17.0 Å². The monoisotopic (exact) mass is 235 g/mol. The maximum absolute atomic E-state index is 12.2. The van der Waals surface area contributed by atoms with Gasteiger partial charge in [-0.3, -0.25) is 4.79 Å². The van der Waals surface area contributed by atoms with Crippen LogP contribution >= 0.6 is 12.2 Å². The van der Waals surface area contributed by atoms with Gasteiger partial charge in [-0.15, -0.1) is 0 Å². The minimum Gasteiger partial charge on any atom is -0.378 e. The topological polar surface area (TPSA) is 29.5 Å². The number of hydrogen-bond donors (Lipinski definition) is 0. The molecule has 0 spiro atoms. The third-order valence-electron chi connectivity index (χ3n) is 2.62. The molecule has 0 bridgehead atoms. The van der Waals surface area contributed by atoms with Gasteiger partial charge >= 0.3 is 0 Å². The molecular weight excluding hydrogens is 222 g/mol. The van der Waals surface area contributed by atoms with E-state index in [0.29, 0.717) is 31.9 Å². The van der Waals surface area contributed by atoms with E-state index < -0.39 is 0 Å². The molecule has 4 heteroatoms. The van der Waals surface area contributed by atoms with Crippen LogP contribution in [0.1, 0.15) is 15.9 Å². The molecule has 3 nitrogen and oxygen atoms in total. The molecule has 84 valence electrons.